The fourth-order valence-corrected chi connectivity index (χ4v) is 6.10. The van der Waals surface area contributed by atoms with Gasteiger partial charge in [0, 0.05) is 12.6 Å². The maximum atomic E-state index is 14.1. The van der Waals surface area contributed by atoms with Gasteiger partial charge in [-0.15, -0.1) is 0 Å². The molecule has 40 heavy (non-hydrogen) atoms. The van der Waals surface area contributed by atoms with Crippen LogP contribution in [0.1, 0.15) is 49.4 Å². The standard InChI is InChI=1S/C32H41N3O4S/c1-7-29(32(37)33-23(2)3)34(21-20-27-13-9-8-10-14-27)31(36)22-35(30-15-11-12-25(5)26(30)6)40(38,39)28-18-16-24(4)17-19-28/h8-19,23,29H,7,20-22H2,1-6H3,(H,33,37). The third-order valence-corrected chi connectivity index (χ3v) is 8.81. The molecule has 0 aliphatic rings. The van der Waals surface area contributed by atoms with Crippen molar-refractivity contribution in [1.82, 2.24) is 10.2 Å². The molecule has 0 radical (unpaired) electrons. The van der Waals surface area contributed by atoms with Crippen molar-refractivity contribution in [2.75, 3.05) is 17.4 Å². The van der Waals surface area contributed by atoms with Crippen LogP contribution in [-0.4, -0.2) is 50.3 Å². The zero-order valence-corrected chi connectivity index (χ0v) is 25.2. The quantitative estimate of drug-likeness (QED) is 0.329. The molecular formula is C32H41N3O4S. The van der Waals surface area contributed by atoms with E-state index in [9.17, 15) is 18.0 Å². The number of amides is 2. The predicted molar refractivity (Wildman–Crippen MR) is 161 cm³/mol. The highest BCUT2D eigenvalue weighted by Crippen LogP contribution is 2.29. The van der Waals surface area contributed by atoms with E-state index in [-0.39, 0.29) is 23.4 Å². The molecule has 1 atom stereocenters. The normalized spacial score (nSPS) is 12.2. The number of anilines is 1. The maximum absolute atomic E-state index is 14.1. The number of nitrogens with one attached hydrogen (secondary N) is 1. The lowest BCUT2D eigenvalue weighted by Gasteiger charge is -2.34. The molecule has 2 amide bonds. The number of sulfonamides is 1. The van der Waals surface area contributed by atoms with Gasteiger partial charge in [-0.3, -0.25) is 13.9 Å². The van der Waals surface area contributed by atoms with Crippen molar-refractivity contribution in [1.29, 1.82) is 0 Å². The van der Waals surface area contributed by atoms with Crippen molar-refractivity contribution in [3.63, 3.8) is 0 Å². The Kier molecular flexibility index (Phi) is 10.5. The molecule has 1 unspecified atom stereocenters. The fraction of sp³-hybridized carbons (Fsp3) is 0.375. The Balaban J connectivity index is 2.05. The van der Waals surface area contributed by atoms with Crippen LogP contribution in [0.2, 0.25) is 0 Å². The number of carbonyl (C=O) groups excluding carboxylic acids is 2. The zero-order valence-electron chi connectivity index (χ0n) is 24.3. The molecule has 0 aliphatic carbocycles. The van der Waals surface area contributed by atoms with Crippen LogP contribution in [0, 0.1) is 20.8 Å². The first kappa shape index (κ1) is 30.9. The van der Waals surface area contributed by atoms with Gasteiger partial charge in [0.05, 0.1) is 10.6 Å². The van der Waals surface area contributed by atoms with Crippen LogP contribution in [0.5, 0.6) is 0 Å². The summed E-state index contributed by atoms with van der Waals surface area (Å²) < 4.78 is 29.3. The van der Waals surface area contributed by atoms with Gasteiger partial charge in [-0.1, -0.05) is 67.1 Å². The summed E-state index contributed by atoms with van der Waals surface area (Å²) in [6, 6.07) is 20.9. The summed E-state index contributed by atoms with van der Waals surface area (Å²) in [7, 11) is -4.09. The van der Waals surface area contributed by atoms with E-state index in [0.717, 1.165) is 22.3 Å². The molecule has 0 bridgehead atoms. The molecule has 0 spiro atoms. The van der Waals surface area contributed by atoms with Gasteiger partial charge in [0.25, 0.3) is 10.0 Å². The molecule has 214 valence electrons. The molecule has 0 aliphatic heterocycles. The Hall–Kier alpha value is -3.65. The van der Waals surface area contributed by atoms with E-state index in [1.54, 1.807) is 36.4 Å². The number of nitrogens with zero attached hydrogens (tertiary/aromatic N) is 2. The molecule has 0 saturated heterocycles. The monoisotopic (exact) mass is 563 g/mol. The second-order valence-corrected chi connectivity index (χ2v) is 12.3. The summed E-state index contributed by atoms with van der Waals surface area (Å²) in [6.45, 7) is 11.1. The highest BCUT2D eigenvalue weighted by molar-refractivity contribution is 7.92. The molecule has 3 aromatic rings. The molecule has 0 heterocycles. The van der Waals surface area contributed by atoms with Gasteiger partial charge in [0.2, 0.25) is 11.8 Å². The first-order chi connectivity index (χ1) is 18.9. The lowest BCUT2D eigenvalue weighted by atomic mass is 10.1. The minimum Gasteiger partial charge on any atom is -0.352 e. The predicted octanol–water partition coefficient (Wildman–Crippen LogP) is 5.18. The molecule has 3 rings (SSSR count). The van der Waals surface area contributed by atoms with Crippen molar-refractivity contribution in [2.45, 2.75) is 71.4 Å². The molecule has 1 N–H and O–H groups in total. The molecule has 0 aromatic heterocycles. The second kappa shape index (κ2) is 13.6. The number of carbonyl (C=O) groups is 2. The van der Waals surface area contributed by atoms with E-state index in [0.29, 0.717) is 18.5 Å². The summed E-state index contributed by atoms with van der Waals surface area (Å²) in [6.07, 6.45) is 0.930. The zero-order chi connectivity index (χ0) is 29.4. The molecule has 7 nitrogen and oxygen atoms in total. The van der Waals surface area contributed by atoms with Crippen LogP contribution >= 0.6 is 0 Å². The van der Waals surface area contributed by atoms with Gasteiger partial charge in [-0.25, -0.2) is 8.42 Å². The van der Waals surface area contributed by atoms with Gasteiger partial charge in [0.15, 0.2) is 0 Å². The van der Waals surface area contributed by atoms with Gasteiger partial charge in [0.1, 0.15) is 12.6 Å². The van der Waals surface area contributed by atoms with Crippen LogP contribution < -0.4 is 9.62 Å². The van der Waals surface area contributed by atoms with E-state index < -0.39 is 28.5 Å². The average molecular weight is 564 g/mol. The van der Waals surface area contributed by atoms with Gasteiger partial charge in [-0.2, -0.15) is 0 Å². The molecule has 3 aromatic carbocycles. The van der Waals surface area contributed by atoms with E-state index in [2.05, 4.69) is 5.32 Å². The summed E-state index contributed by atoms with van der Waals surface area (Å²) in [5.74, 6) is -0.683. The first-order valence-corrected chi connectivity index (χ1v) is 15.2. The lowest BCUT2D eigenvalue weighted by molar-refractivity contribution is -0.139. The Morgan fingerprint density at radius 1 is 0.875 bits per heavy atom. The van der Waals surface area contributed by atoms with E-state index in [1.807, 2.05) is 77.9 Å². The Bertz CT molecular complexity index is 1400. The van der Waals surface area contributed by atoms with E-state index in [1.165, 1.54) is 9.21 Å². The van der Waals surface area contributed by atoms with Crippen LogP contribution in [0.25, 0.3) is 0 Å². The van der Waals surface area contributed by atoms with E-state index in [4.69, 9.17) is 0 Å². The number of hydrogen-bond acceptors (Lipinski definition) is 4. The van der Waals surface area contributed by atoms with Crippen LogP contribution in [0.15, 0.2) is 77.7 Å². The van der Waals surface area contributed by atoms with Crippen molar-refractivity contribution in [2.24, 2.45) is 0 Å². The average Bonchev–Trinajstić information content (AvgIpc) is 2.91. The number of aryl methyl sites for hydroxylation is 2. The molecule has 0 fully saturated rings. The smallest absolute Gasteiger partial charge is 0.264 e. The fourth-order valence-electron chi connectivity index (χ4n) is 4.63. The Labute approximate surface area is 239 Å². The molecule has 0 saturated carbocycles. The van der Waals surface area contributed by atoms with Crippen molar-refractivity contribution in [3.8, 4) is 0 Å². The number of hydrogen-bond donors (Lipinski definition) is 1. The minimum atomic E-state index is -4.09. The summed E-state index contributed by atoms with van der Waals surface area (Å²) in [5, 5.41) is 2.93. The minimum absolute atomic E-state index is 0.0963. The van der Waals surface area contributed by atoms with Gasteiger partial charge in [-0.05, 0) is 82.3 Å². The first-order valence-electron chi connectivity index (χ1n) is 13.7. The third-order valence-electron chi connectivity index (χ3n) is 7.03. The lowest BCUT2D eigenvalue weighted by Crippen LogP contribution is -2.54. The van der Waals surface area contributed by atoms with Crippen molar-refractivity contribution >= 4 is 27.5 Å². The summed E-state index contributed by atoms with van der Waals surface area (Å²) in [4.78, 5) is 29.0. The highest BCUT2D eigenvalue weighted by atomic mass is 32.2. The van der Waals surface area contributed by atoms with Crippen molar-refractivity contribution in [3.05, 3.63) is 95.1 Å². The van der Waals surface area contributed by atoms with Gasteiger partial charge < -0.3 is 10.2 Å². The SMILES string of the molecule is CCC(C(=O)NC(C)C)N(CCc1ccccc1)C(=O)CN(c1cccc(C)c1C)S(=O)(=O)c1ccc(C)cc1. The third kappa shape index (κ3) is 7.50. The number of benzene rings is 3. The largest absolute Gasteiger partial charge is 0.352 e. The summed E-state index contributed by atoms with van der Waals surface area (Å²) >= 11 is 0. The summed E-state index contributed by atoms with van der Waals surface area (Å²) in [5.41, 5.74) is 4.08. The Morgan fingerprint density at radius 3 is 2.12 bits per heavy atom. The topological polar surface area (TPSA) is 86.8 Å². The van der Waals surface area contributed by atoms with Crippen LogP contribution in [-0.2, 0) is 26.0 Å². The van der Waals surface area contributed by atoms with Crippen molar-refractivity contribution < 1.29 is 18.0 Å². The molecule has 8 heteroatoms. The highest BCUT2D eigenvalue weighted by Gasteiger charge is 2.34. The van der Waals surface area contributed by atoms with Gasteiger partial charge >= 0.3 is 0 Å². The maximum Gasteiger partial charge on any atom is 0.264 e. The second-order valence-electron chi connectivity index (χ2n) is 10.5. The van der Waals surface area contributed by atoms with Crippen LogP contribution in [0.4, 0.5) is 5.69 Å². The van der Waals surface area contributed by atoms with E-state index >= 15 is 0 Å². The molecular weight excluding hydrogens is 522 g/mol. The number of rotatable bonds is 12. The Morgan fingerprint density at radius 2 is 1.52 bits per heavy atom. The van der Waals surface area contributed by atoms with Crippen LogP contribution in [0.3, 0.4) is 0 Å².